The van der Waals surface area contributed by atoms with E-state index in [2.05, 4.69) is 22.7 Å². The van der Waals surface area contributed by atoms with Gasteiger partial charge in [0.2, 0.25) is 5.16 Å². The number of hydrogen-bond acceptors (Lipinski definition) is 3. The Morgan fingerprint density at radius 1 is 1.22 bits per heavy atom. The van der Waals surface area contributed by atoms with Crippen LogP contribution < -0.4 is 0 Å². The van der Waals surface area contributed by atoms with Gasteiger partial charge in [-0.15, -0.1) is 17.7 Å². The van der Waals surface area contributed by atoms with Gasteiger partial charge in [0.05, 0.1) is 6.04 Å². The molecule has 7 heteroatoms. The summed E-state index contributed by atoms with van der Waals surface area (Å²) in [7, 11) is 0. The molecule has 18 heavy (non-hydrogen) atoms. The number of aromatic nitrogens is 3. The number of halogens is 3. The van der Waals surface area contributed by atoms with Gasteiger partial charge in [-0.05, 0) is 17.7 Å². The molecule has 1 aromatic carbocycles. The van der Waals surface area contributed by atoms with Crippen LogP contribution in [0.2, 0.25) is 0 Å². The van der Waals surface area contributed by atoms with Crippen molar-refractivity contribution in [2.24, 2.45) is 0 Å². The van der Waals surface area contributed by atoms with Crippen LogP contribution in [-0.2, 0) is 0 Å². The molecule has 0 radical (unpaired) electrons. The Morgan fingerprint density at radius 2 is 1.89 bits per heavy atom. The first-order chi connectivity index (χ1) is 8.54. The van der Waals surface area contributed by atoms with Crippen LogP contribution in [0.15, 0.2) is 23.4 Å². The second kappa shape index (κ2) is 4.01. The zero-order chi connectivity index (χ0) is 12.9. The third kappa shape index (κ3) is 1.78. The summed E-state index contributed by atoms with van der Waals surface area (Å²) in [5.74, 6) is -1.24. The van der Waals surface area contributed by atoms with E-state index in [1.165, 1.54) is 16.8 Å². The molecule has 0 saturated heterocycles. The Kier molecular flexibility index (Phi) is 2.58. The Labute approximate surface area is 106 Å². The lowest BCUT2D eigenvalue weighted by molar-refractivity contribution is 0.326. The molecule has 2 atom stereocenters. The topological polar surface area (TPSA) is 30.7 Å². The van der Waals surface area contributed by atoms with Gasteiger partial charge in [0.15, 0.2) is 12.0 Å². The third-order valence-electron chi connectivity index (χ3n) is 2.92. The van der Waals surface area contributed by atoms with Crippen LogP contribution in [-0.4, -0.2) is 14.8 Å². The highest BCUT2D eigenvalue weighted by Gasteiger charge is 2.35. The Bertz CT molecular complexity index is 593. The molecular weight excluding hydrogens is 263 g/mol. The van der Waals surface area contributed by atoms with E-state index in [9.17, 15) is 13.2 Å². The smallest absolute Gasteiger partial charge is 0.205 e. The molecule has 3 rings (SSSR count). The number of thiol groups is 1. The molecule has 0 amide bonds. The molecule has 0 aliphatic carbocycles. The summed E-state index contributed by atoms with van der Waals surface area (Å²) in [6.45, 7) is 0. The second-order valence-corrected chi connectivity index (χ2v) is 4.54. The summed E-state index contributed by atoms with van der Waals surface area (Å²) in [6, 6.07) is 2.58. The van der Waals surface area contributed by atoms with Gasteiger partial charge in [-0.3, -0.25) is 0 Å². The summed E-state index contributed by atoms with van der Waals surface area (Å²) < 4.78 is 41.4. The molecule has 0 unspecified atom stereocenters. The van der Waals surface area contributed by atoms with Crippen molar-refractivity contribution in [3.8, 4) is 0 Å². The van der Waals surface area contributed by atoms with Crippen LogP contribution in [0.4, 0.5) is 13.2 Å². The zero-order valence-electron chi connectivity index (χ0n) is 9.02. The molecule has 1 aromatic heterocycles. The maximum absolute atomic E-state index is 13.7. The lowest BCUT2D eigenvalue weighted by atomic mass is 10.0. The molecule has 2 heterocycles. The van der Waals surface area contributed by atoms with Gasteiger partial charge in [0.25, 0.3) is 0 Å². The fourth-order valence-electron chi connectivity index (χ4n) is 2.21. The monoisotopic (exact) mass is 271 g/mol. The van der Waals surface area contributed by atoms with Gasteiger partial charge in [0.1, 0.15) is 11.6 Å². The van der Waals surface area contributed by atoms with Crippen molar-refractivity contribution in [2.45, 2.75) is 23.8 Å². The van der Waals surface area contributed by atoms with Crippen molar-refractivity contribution >= 4 is 12.6 Å². The average Bonchev–Trinajstić information content (AvgIpc) is 2.77. The van der Waals surface area contributed by atoms with Crippen LogP contribution >= 0.6 is 12.6 Å². The largest absolute Gasteiger partial charge is 0.239 e. The fraction of sp³-hybridized carbons (Fsp3) is 0.273. The molecule has 0 saturated carbocycles. The highest BCUT2D eigenvalue weighted by molar-refractivity contribution is 7.80. The highest BCUT2D eigenvalue weighted by atomic mass is 32.1. The molecule has 2 aromatic rings. The summed E-state index contributed by atoms with van der Waals surface area (Å²) >= 11 is 3.94. The number of hydrogen-bond donors (Lipinski definition) is 1. The summed E-state index contributed by atoms with van der Waals surface area (Å²) in [4.78, 5) is 3.85. The van der Waals surface area contributed by atoms with Crippen molar-refractivity contribution in [1.82, 2.24) is 14.8 Å². The van der Waals surface area contributed by atoms with E-state index >= 15 is 0 Å². The van der Waals surface area contributed by atoms with Gasteiger partial charge in [-0.25, -0.2) is 22.8 Å². The van der Waals surface area contributed by atoms with Gasteiger partial charge in [-0.2, -0.15) is 0 Å². The number of nitrogens with zero attached hydrogens (tertiary/aromatic N) is 3. The predicted molar refractivity (Wildman–Crippen MR) is 60.2 cm³/mol. The first-order valence-electron chi connectivity index (χ1n) is 5.30. The fourth-order valence-corrected chi connectivity index (χ4v) is 2.41. The van der Waals surface area contributed by atoms with Crippen LogP contribution in [0.25, 0.3) is 0 Å². The van der Waals surface area contributed by atoms with Gasteiger partial charge in [-0.1, -0.05) is 0 Å². The number of alkyl halides is 1. The van der Waals surface area contributed by atoms with Crippen molar-refractivity contribution in [2.75, 3.05) is 0 Å². The Balaban J connectivity index is 2.08. The average molecular weight is 271 g/mol. The van der Waals surface area contributed by atoms with Crippen LogP contribution in [0.3, 0.4) is 0 Å². The van der Waals surface area contributed by atoms with E-state index in [-0.39, 0.29) is 17.4 Å². The lowest BCUT2D eigenvalue weighted by Gasteiger charge is -2.11. The van der Waals surface area contributed by atoms with Crippen LogP contribution in [0.1, 0.15) is 30.0 Å². The van der Waals surface area contributed by atoms with Gasteiger partial charge < -0.3 is 0 Å². The van der Waals surface area contributed by atoms with Crippen molar-refractivity contribution in [3.05, 3.63) is 41.2 Å². The van der Waals surface area contributed by atoms with E-state index in [4.69, 9.17) is 0 Å². The molecule has 0 N–H and O–H groups in total. The van der Waals surface area contributed by atoms with Gasteiger partial charge in [0, 0.05) is 12.5 Å². The highest BCUT2D eigenvalue weighted by Crippen LogP contribution is 2.39. The standard InChI is InChI=1S/C11H8F3N3S/c12-6-1-5(2-7(13)3-6)9-4-8(14)10-15-11(18)16-17(9)10/h1-3,8-9H,4H2,(H,16,18)/t8-,9-/m0/s1. The summed E-state index contributed by atoms with van der Waals surface area (Å²) in [6.07, 6.45) is -1.22. The van der Waals surface area contributed by atoms with Crippen LogP contribution in [0.5, 0.6) is 0 Å². The maximum Gasteiger partial charge on any atom is 0.205 e. The van der Waals surface area contributed by atoms with E-state index in [1.807, 2.05) is 0 Å². The quantitative estimate of drug-likeness (QED) is 0.808. The molecular formula is C11H8F3N3S. The molecule has 0 bridgehead atoms. The molecule has 94 valence electrons. The zero-order valence-corrected chi connectivity index (χ0v) is 9.91. The minimum Gasteiger partial charge on any atom is -0.239 e. The first kappa shape index (κ1) is 11.6. The molecule has 1 aliphatic rings. The maximum atomic E-state index is 13.7. The Morgan fingerprint density at radius 3 is 2.56 bits per heavy atom. The first-order valence-corrected chi connectivity index (χ1v) is 5.75. The summed E-state index contributed by atoms with van der Waals surface area (Å²) in [5.41, 5.74) is 0.340. The van der Waals surface area contributed by atoms with Gasteiger partial charge >= 0.3 is 0 Å². The minimum atomic E-state index is -1.30. The van der Waals surface area contributed by atoms with Crippen molar-refractivity contribution in [1.29, 1.82) is 0 Å². The molecule has 0 spiro atoms. The van der Waals surface area contributed by atoms with E-state index in [1.54, 1.807) is 0 Å². The summed E-state index contributed by atoms with van der Waals surface area (Å²) in [5, 5.41) is 4.09. The van der Waals surface area contributed by atoms with E-state index < -0.39 is 23.8 Å². The van der Waals surface area contributed by atoms with E-state index in [0.717, 1.165) is 6.07 Å². The predicted octanol–water partition coefficient (Wildman–Crippen LogP) is 2.85. The normalized spacial score (nSPS) is 22.2. The Hall–Kier alpha value is -1.50. The molecule has 0 fully saturated rings. The third-order valence-corrected chi connectivity index (χ3v) is 3.11. The minimum absolute atomic E-state index is 0.0757. The number of fused-ring (bicyclic) bond motifs is 1. The lowest BCUT2D eigenvalue weighted by Crippen LogP contribution is -2.08. The SMILES string of the molecule is Fc1cc(F)cc([C@@H]2C[C@H](F)c3nc(S)nn32)c1. The van der Waals surface area contributed by atoms with Crippen LogP contribution in [0, 0.1) is 11.6 Å². The molecule has 3 nitrogen and oxygen atoms in total. The number of benzene rings is 1. The van der Waals surface area contributed by atoms with Crippen molar-refractivity contribution in [3.63, 3.8) is 0 Å². The molecule has 1 aliphatic heterocycles. The van der Waals surface area contributed by atoms with E-state index in [0.29, 0.717) is 5.56 Å². The second-order valence-electron chi connectivity index (χ2n) is 4.14. The van der Waals surface area contributed by atoms with Crippen molar-refractivity contribution < 1.29 is 13.2 Å². The number of rotatable bonds is 1.